The van der Waals surface area contributed by atoms with Crippen molar-refractivity contribution in [2.24, 2.45) is 5.92 Å². The normalized spacial score (nSPS) is 18.8. The summed E-state index contributed by atoms with van der Waals surface area (Å²) in [5, 5.41) is 0. The predicted molar refractivity (Wildman–Crippen MR) is 48.4 cm³/mol. The molecule has 0 aromatic carbocycles. The van der Waals surface area contributed by atoms with Crippen molar-refractivity contribution in [1.29, 1.82) is 0 Å². The lowest BCUT2D eigenvalue weighted by atomic mass is 9.86. The first-order valence-corrected chi connectivity index (χ1v) is 5.08. The van der Waals surface area contributed by atoms with Gasteiger partial charge in [0.2, 0.25) is 0 Å². The summed E-state index contributed by atoms with van der Waals surface area (Å²) >= 11 is 0. The molecule has 0 N–H and O–H groups in total. The van der Waals surface area contributed by atoms with Gasteiger partial charge in [0.05, 0.1) is 0 Å². The maximum atomic E-state index is 11.7. The number of ether oxygens (including phenoxy) is 1. The second-order valence-corrected chi connectivity index (χ2v) is 3.71. The number of carbonyl (C=O) groups is 1. The molecule has 0 unspecified atom stereocenters. The van der Waals surface area contributed by atoms with E-state index in [1.165, 1.54) is 6.42 Å². The molecule has 0 amide bonds. The van der Waals surface area contributed by atoms with Gasteiger partial charge < -0.3 is 4.74 Å². The van der Waals surface area contributed by atoms with E-state index < -0.39 is 13.0 Å². The molecule has 1 aliphatic rings. The van der Waals surface area contributed by atoms with Gasteiger partial charge in [0.25, 0.3) is 6.43 Å². The predicted octanol–water partition coefficient (Wildman–Crippen LogP) is 2.42. The minimum absolute atomic E-state index is 0.00894. The number of Topliss-reactive ketones (excluding diaryl/α,β-unsaturated/α-hetero) is 1. The Bertz CT molecular complexity index is 177. The summed E-state index contributed by atoms with van der Waals surface area (Å²) in [7, 11) is 0. The highest BCUT2D eigenvalue weighted by Gasteiger charge is 2.21. The molecule has 1 rings (SSSR count). The number of hydrogen-bond acceptors (Lipinski definition) is 2. The largest absolute Gasteiger partial charge is 0.368 e. The number of halogens is 2. The number of carbonyl (C=O) groups excluding carboxylic acids is 1. The van der Waals surface area contributed by atoms with E-state index in [0.717, 1.165) is 25.7 Å². The fraction of sp³-hybridized carbons (Fsp3) is 0.900. The average molecular weight is 206 g/mol. The van der Waals surface area contributed by atoms with Crippen molar-refractivity contribution in [2.75, 3.05) is 13.2 Å². The number of hydrogen-bond donors (Lipinski definition) is 0. The molecule has 0 heterocycles. The van der Waals surface area contributed by atoms with Crippen molar-refractivity contribution in [2.45, 2.75) is 38.5 Å². The minimum Gasteiger partial charge on any atom is -0.368 e. The van der Waals surface area contributed by atoms with Crippen LogP contribution in [0.2, 0.25) is 0 Å². The molecule has 0 saturated heterocycles. The zero-order valence-corrected chi connectivity index (χ0v) is 8.18. The third kappa shape index (κ3) is 4.13. The van der Waals surface area contributed by atoms with Crippen LogP contribution in [-0.4, -0.2) is 25.4 Å². The molecule has 0 bridgehead atoms. The lowest BCUT2D eigenvalue weighted by Crippen LogP contribution is -2.23. The van der Waals surface area contributed by atoms with E-state index in [-0.39, 0.29) is 18.3 Å². The standard InChI is InChI=1S/C10H16F2O2/c11-10(12)7-14-6-9(13)8-4-2-1-3-5-8/h8,10H,1-7H2. The SMILES string of the molecule is O=C(COCC(F)F)C1CCCCC1. The van der Waals surface area contributed by atoms with Crippen LogP contribution in [0.3, 0.4) is 0 Å². The van der Waals surface area contributed by atoms with Gasteiger partial charge in [0.1, 0.15) is 13.2 Å². The molecule has 2 nitrogen and oxygen atoms in total. The summed E-state index contributed by atoms with van der Waals surface area (Å²) in [6.45, 7) is -0.770. The van der Waals surface area contributed by atoms with Crippen LogP contribution in [0.5, 0.6) is 0 Å². The Morgan fingerprint density at radius 2 is 1.93 bits per heavy atom. The topological polar surface area (TPSA) is 26.3 Å². The first kappa shape index (κ1) is 11.6. The highest BCUT2D eigenvalue weighted by Crippen LogP contribution is 2.24. The number of alkyl halides is 2. The van der Waals surface area contributed by atoms with Gasteiger partial charge in [-0.2, -0.15) is 0 Å². The van der Waals surface area contributed by atoms with Gasteiger partial charge in [-0.15, -0.1) is 0 Å². The zero-order valence-electron chi connectivity index (χ0n) is 8.18. The fourth-order valence-corrected chi connectivity index (χ4v) is 1.79. The Balaban J connectivity index is 2.13. The van der Waals surface area contributed by atoms with Crippen LogP contribution in [0.4, 0.5) is 8.78 Å². The Hall–Kier alpha value is -0.510. The summed E-state index contributed by atoms with van der Waals surface area (Å²) in [5.41, 5.74) is 0. The Labute approximate surface area is 82.6 Å². The van der Waals surface area contributed by atoms with Crippen LogP contribution in [-0.2, 0) is 9.53 Å². The molecule has 0 aromatic rings. The monoisotopic (exact) mass is 206 g/mol. The maximum absolute atomic E-state index is 11.7. The molecule has 1 saturated carbocycles. The Morgan fingerprint density at radius 1 is 1.29 bits per heavy atom. The van der Waals surface area contributed by atoms with E-state index in [1.807, 2.05) is 0 Å². The molecular weight excluding hydrogens is 190 g/mol. The van der Waals surface area contributed by atoms with E-state index >= 15 is 0 Å². The summed E-state index contributed by atoms with van der Waals surface area (Å²) in [6.07, 6.45) is 2.65. The summed E-state index contributed by atoms with van der Waals surface area (Å²) < 4.78 is 28.0. The van der Waals surface area contributed by atoms with Gasteiger partial charge in [-0.3, -0.25) is 4.79 Å². The highest BCUT2D eigenvalue weighted by atomic mass is 19.3. The molecule has 0 aromatic heterocycles. The van der Waals surface area contributed by atoms with Crippen LogP contribution >= 0.6 is 0 Å². The van der Waals surface area contributed by atoms with Gasteiger partial charge in [0.15, 0.2) is 5.78 Å². The van der Waals surface area contributed by atoms with Crippen molar-refractivity contribution >= 4 is 5.78 Å². The van der Waals surface area contributed by atoms with E-state index in [1.54, 1.807) is 0 Å². The first-order valence-electron chi connectivity index (χ1n) is 5.08. The van der Waals surface area contributed by atoms with E-state index in [9.17, 15) is 13.6 Å². The molecular formula is C10H16F2O2. The van der Waals surface area contributed by atoms with E-state index in [2.05, 4.69) is 4.74 Å². The smallest absolute Gasteiger partial charge is 0.261 e. The van der Waals surface area contributed by atoms with Crippen molar-refractivity contribution in [3.63, 3.8) is 0 Å². The molecule has 1 aliphatic carbocycles. The molecule has 0 atom stereocenters. The van der Waals surface area contributed by atoms with Crippen molar-refractivity contribution in [1.82, 2.24) is 0 Å². The van der Waals surface area contributed by atoms with Crippen LogP contribution in [0.25, 0.3) is 0 Å². The second-order valence-electron chi connectivity index (χ2n) is 3.71. The zero-order chi connectivity index (χ0) is 10.4. The minimum atomic E-state index is -2.48. The number of ketones is 1. The lowest BCUT2D eigenvalue weighted by Gasteiger charge is -2.19. The molecule has 0 spiro atoms. The Kier molecular flexibility index (Phi) is 5.01. The number of rotatable bonds is 5. The van der Waals surface area contributed by atoms with E-state index in [4.69, 9.17) is 0 Å². The molecule has 4 heteroatoms. The Morgan fingerprint density at radius 3 is 2.50 bits per heavy atom. The van der Waals surface area contributed by atoms with Crippen molar-refractivity contribution < 1.29 is 18.3 Å². The summed E-state index contributed by atoms with van der Waals surface area (Å²) in [6, 6.07) is 0. The molecule has 0 radical (unpaired) electrons. The lowest BCUT2D eigenvalue weighted by molar-refractivity contribution is -0.129. The van der Waals surface area contributed by atoms with Crippen LogP contribution < -0.4 is 0 Å². The first-order chi connectivity index (χ1) is 6.70. The maximum Gasteiger partial charge on any atom is 0.261 e. The van der Waals surface area contributed by atoms with Gasteiger partial charge in [-0.05, 0) is 12.8 Å². The van der Waals surface area contributed by atoms with Crippen LogP contribution in [0, 0.1) is 5.92 Å². The summed E-state index contributed by atoms with van der Waals surface area (Å²) in [5.74, 6) is 0.0479. The summed E-state index contributed by atoms with van der Waals surface area (Å²) in [4.78, 5) is 11.4. The quantitative estimate of drug-likeness (QED) is 0.690. The molecule has 82 valence electrons. The third-order valence-corrected chi connectivity index (χ3v) is 2.55. The average Bonchev–Trinajstić information content (AvgIpc) is 2.18. The van der Waals surface area contributed by atoms with Crippen LogP contribution in [0.1, 0.15) is 32.1 Å². The van der Waals surface area contributed by atoms with Crippen molar-refractivity contribution in [3.8, 4) is 0 Å². The molecule has 1 fully saturated rings. The second kappa shape index (κ2) is 6.06. The van der Waals surface area contributed by atoms with Gasteiger partial charge in [-0.25, -0.2) is 8.78 Å². The van der Waals surface area contributed by atoms with Crippen LogP contribution in [0.15, 0.2) is 0 Å². The van der Waals surface area contributed by atoms with Gasteiger partial charge in [0, 0.05) is 5.92 Å². The van der Waals surface area contributed by atoms with Crippen molar-refractivity contribution in [3.05, 3.63) is 0 Å². The third-order valence-electron chi connectivity index (χ3n) is 2.55. The highest BCUT2D eigenvalue weighted by molar-refractivity contribution is 5.82. The van der Waals surface area contributed by atoms with Gasteiger partial charge >= 0.3 is 0 Å². The fourth-order valence-electron chi connectivity index (χ4n) is 1.79. The van der Waals surface area contributed by atoms with E-state index in [0.29, 0.717) is 0 Å². The molecule has 14 heavy (non-hydrogen) atoms. The van der Waals surface area contributed by atoms with Gasteiger partial charge in [-0.1, -0.05) is 19.3 Å². The molecule has 0 aliphatic heterocycles.